The summed E-state index contributed by atoms with van der Waals surface area (Å²) in [6.07, 6.45) is 1.36. The van der Waals surface area contributed by atoms with Gasteiger partial charge in [0.2, 0.25) is 0 Å². The smallest absolute Gasteiger partial charge is 0.328 e. The highest BCUT2D eigenvalue weighted by molar-refractivity contribution is 5.79. The van der Waals surface area contributed by atoms with Crippen LogP contribution in [-0.4, -0.2) is 29.1 Å². The molecule has 0 aliphatic heterocycles. The largest absolute Gasteiger partial charge is 0.377 e. The summed E-state index contributed by atoms with van der Waals surface area (Å²) in [4.78, 5) is 35.6. The monoisotopic (exact) mass is 212 g/mol. The highest BCUT2D eigenvalue weighted by atomic mass is 16.5. The highest BCUT2D eigenvalue weighted by Gasteiger charge is 2.05. The molecule has 0 saturated heterocycles. The normalized spacial score (nSPS) is 10.3. The van der Waals surface area contributed by atoms with E-state index in [4.69, 9.17) is 0 Å². The van der Waals surface area contributed by atoms with Crippen LogP contribution in [0.25, 0.3) is 0 Å². The second-order valence-corrected chi connectivity index (χ2v) is 3.17. The molecule has 0 spiro atoms. The van der Waals surface area contributed by atoms with Gasteiger partial charge in [0.25, 0.3) is 5.56 Å². The van der Waals surface area contributed by atoms with Gasteiger partial charge in [0.1, 0.15) is 6.61 Å². The van der Waals surface area contributed by atoms with Crippen molar-refractivity contribution in [2.45, 2.75) is 13.5 Å². The maximum absolute atomic E-state index is 11.2. The number of H-pyrrole nitrogens is 1. The van der Waals surface area contributed by atoms with E-state index < -0.39 is 11.2 Å². The number of methoxy groups -OCH3 is 1. The Morgan fingerprint density at radius 2 is 2.20 bits per heavy atom. The molecule has 15 heavy (non-hydrogen) atoms. The third kappa shape index (κ3) is 2.88. The molecule has 0 aromatic carbocycles. The van der Waals surface area contributed by atoms with Crippen LogP contribution in [0.4, 0.5) is 0 Å². The first kappa shape index (κ1) is 11.4. The Labute approximate surface area is 85.5 Å². The van der Waals surface area contributed by atoms with E-state index in [0.717, 1.165) is 4.57 Å². The average molecular weight is 212 g/mol. The van der Waals surface area contributed by atoms with Gasteiger partial charge < -0.3 is 4.74 Å². The van der Waals surface area contributed by atoms with Crippen molar-refractivity contribution in [3.8, 4) is 0 Å². The number of aromatic nitrogens is 2. The lowest BCUT2D eigenvalue weighted by Crippen LogP contribution is -2.33. The lowest BCUT2D eigenvalue weighted by Gasteiger charge is -2.04. The van der Waals surface area contributed by atoms with Crippen molar-refractivity contribution in [3.05, 3.63) is 32.6 Å². The molecule has 0 fully saturated rings. The Hall–Kier alpha value is -1.69. The van der Waals surface area contributed by atoms with E-state index in [1.807, 2.05) is 0 Å². The minimum Gasteiger partial charge on any atom is -0.377 e. The van der Waals surface area contributed by atoms with Gasteiger partial charge in [0, 0.05) is 18.9 Å². The van der Waals surface area contributed by atoms with Gasteiger partial charge in [-0.3, -0.25) is 19.1 Å². The first-order valence-corrected chi connectivity index (χ1v) is 4.35. The minimum atomic E-state index is -0.588. The number of Topliss-reactive ketones (excluding diaryl/α,β-unsaturated/α-hetero) is 1. The molecule has 0 atom stereocenters. The fourth-order valence-electron chi connectivity index (χ4n) is 1.13. The van der Waals surface area contributed by atoms with Crippen molar-refractivity contribution in [2.24, 2.45) is 0 Å². The van der Waals surface area contributed by atoms with Crippen LogP contribution in [-0.2, 0) is 16.1 Å². The zero-order valence-corrected chi connectivity index (χ0v) is 8.57. The number of nitrogens with zero attached hydrogens (tertiary/aromatic N) is 1. The van der Waals surface area contributed by atoms with Gasteiger partial charge in [0.05, 0.1) is 6.54 Å². The molecule has 1 aromatic rings. The first-order valence-electron chi connectivity index (χ1n) is 4.35. The number of rotatable bonds is 4. The number of ether oxygens (including phenoxy) is 1. The molecule has 1 heterocycles. The zero-order valence-electron chi connectivity index (χ0n) is 8.57. The Balaban J connectivity index is 2.96. The lowest BCUT2D eigenvalue weighted by atomic mass is 10.3. The zero-order chi connectivity index (χ0) is 11.4. The van der Waals surface area contributed by atoms with Gasteiger partial charge in [-0.25, -0.2) is 4.79 Å². The molecule has 82 valence electrons. The molecule has 6 nitrogen and oxygen atoms in total. The number of carbonyl (C=O) groups excluding carboxylic acids is 1. The van der Waals surface area contributed by atoms with E-state index >= 15 is 0 Å². The van der Waals surface area contributed by atoms with Crippen molar-refractivity contribution < 1.29 is 9.53 Å². The Morgan fingerprint density at radius 3 is 2.80 bits per heavy atom. The maximum atomic E-state index is 11.2. The molecule has 0 aliphatic carbocycles. The van der Waals surface area contributed by atoms with Crippen LogP contribution in [0.1, 0.15) is 5.56 Å². The molecule has 0 amide bonds. The SMILES string of the molecule is COCC(=O)Cn1cc(C)c(=O)[nH]c1=O. The predicted octanol–water partition coefficient (Wildman–Crippen LogP) is -0.939. The number of hydrogen-bond donors (Lipinski definition) is 1. The summed E-state index contributed by atoms with van der Waals surface area (Å²) in [5.74, 6) is -0.231. The van der Waals surface area contributed by atoms with Crippen LogP contribution < -0.4 is 11.2 Å². The van der Waals surface area contributed by atoms with Gasteiger partial charge in [-0.2, -0.15) is 0 Å². The van der Waals surface area contributed by atoms with Crippen molar-refractivity contribution in [1.82, 2.24) is 9.55 Å². The highest BCUT2D eigenvalue weighted by Crippen LogP contribution is 1.86. The number of carbonyl (C=O) groups is 1. The van der Waals surface area contributed by atoms with Gasteiger partial charge in [-0.15, -0.1) is 0 Å². The second-order valence-electron chi connectivity index (χ2n) is 3.17. The molecule has 0 radical (unpaired) electrons. The van der Waals surface area contributed by atoms with E-state index in [9.17, 15) is 14.4 Å². The first-order chi connectivity index (χ1) is 7.04. The Morgan fingerprint density at radius 1 is 1.53 bits per heavy atom. The van der Waals surface area contributed by atoms with Gasteiger partial charge >= 0.3 is 5.69 Å². The van der Waals surface area contributed by atoms with Crippen LogP contribution in [0.2, 0.25) is 0 Å². The molecule has 1 aromatic heterocycles. The summed E-state index contributed by atoms with van der Waals surface area (Å²) in [5.41, 5.74) is -0.634. The number of ketones is 1. The van der Waals surface area contributed by atoms with Crippen molar-refractivity contribution in [1.29, 1.82) is 0 Å². The topological polar surface area (TPSA) is 81.2 Å². The second kappa shape index (κ2) is 4.70. The average Bonchev–Trinajstić information content (AvgIpc) is 2.14. The van der Waals surface area contributed by atoms with Gasteiger partial charge in [-0.05, 0) is 6.92 Å². The molecule has 6 heteroatoms. The molecular weight excluding hydrogens is 200 g/mol. The van der Waals surface area contributed by atoms with E-state index in [1.54, 1.807) is 6.92 Å². The summed E-state index contributed by atoms with van der Waals surface area (Å²) >= 11 is 0. The maximum Gasteiger partial charge on any atom is 0.328 e. The fourth-order valence-corrected chi connectivity index (χ4v) is 1.13. The molecule has 0 unspecified atom stereocenters. The molecule has 1 rings (SSSR count). The van der Waals surface area contributed by atoms with Crippen LogP contribution in [0.15, 0.2) is 15.8 Å². The summed E-state index contributed by atoms with van der Waals surface area (Å²) in [7, 11) is 1.40. The minimum absolute atomic E-state index is 0.0510. The van der Waals surface area contributed by atoms with Gasteiger partial charge in [0.15, 0.2) is 5.78 Å². The van der Waals surface area contributed by atoms with Crippen LogP contribution in [0, 0.1) is 6.92 Å². The van der Waals surface area contributed by atoms with E-state index in [1.165, 1.54) is 13.3 Å². The van der Waals surface area contributed by atoms with Crippen molar-refractivity contribution >= 4 is 5.78 Å². The summed E-state index contributed by atoms with van der Waals surface area (Å²) in [5, 5.41) is 0. The van der Waals surface area contributed by atoms with E-state index in [0.29, 0.717) is 5.56 Å². The third-order valence-corrected chi connectivity index (χ3v) is 1.84. The third-order valence-electron chi connectivity index (χ3n) is 1.84. The number of aryl methyl sites for hydroxylation is 1. The Bertz CT molecular complexity index is 472. The standard InChI is InChI=1S/C9H12N2O4/c1-6-3-11(4-7(12)5-15-2)9(14)10-8(6)13/h3H,4-5H2,1-2H3,(H,10,13,14). The number of aromatic amines is 1. The molecule has 1 N–H and O–H groups in total. The fraction of sp³-hybridized carbons (Fsp3) is 0.444. The predicted molar refractivity (Wildman–Crippen MR) is 52.9 cm³/mol. The summed E-state index contributed by atoms with van der Waals surface area (Å²) < 4.78 is 5.78. The molecular formula is C9H12N2O4. The van der Waals surface area contributed by atoms with Crippen molar-refractivity contribution in [3.63, 3.8) is 0 Å². The van der Waals surface area contributed by atoms with Gasteiger partial charge in [-0.1, -0.05) is 0 Å². The summed E-state index contributed by atoms with van der Waals surface area (Å²) in [6.45, 7) is 1.42. The molecule has 0 bridgehead atoms. The molecule has 0 saturated carbocycles. The van der Waals surface area contributed by atoms with Crippen molar-refractivity contribution in [2.75, 3.05) is 13.7 Å². The number of nitrogens with one attached hydrogen (secondary N) is 1. The molecule has 0 aliphatic rings. The summed E-state index contributed by atoms with van der Waals surface area (Å²) in [6, 6.07) is 0. The van der Waals surface area contributed by atoms with E-state index in [2.05, 4.69) is 9.72 Å². The number of hydrogen-bond acceptors (Lipinski definition) is 4. The van der Waals surface area contributed by atoms with Crippen LogP contribution >= 0.6 is 0 Å². The van der Waals surface area contributed by atoms with Crippen LogP contribution in [0.5, 0.6) is 0 Å². The van der Waals surface area contributed by atoms with Crippen LogP contribution in [0.3, 0.4) is 0 Å². The van der Waals surface area contributed by atoms with E-state index in [-0.39, 0.29) is 18.9 Å². The Kier molecular flexibility index (Phi) is 3.56. The quantitative estimate of drug-likeness (QED) is 0.698. The lowest BCUT2D eigenvalue weighted by molar-refractivity contribution is -0.123.